The maximum absolute atomic E-state index is 5.37. The minimum absolute atomic E-state index is 0.357. The highest BCUT2D eigenvalue weighted by Crippen LogP contribution is 2.21. The van der Waals surface area contributed by atoms with Crippen LogP contribution in [0.2, 0.25) is 0 Å². The molecular formula is C11H13NO2. The van der Waals surface area contributed by atoms with Gasteiger partial charge in [0.1, 0.15) is 5.52 Å². The highest BCUT2D eigenvalue weighted by molar-refractivity contribution is 5.73. The Hall–Kier alpha value is -1.51. The summed E-state index contributed by atoms with van der Waals surface area (Å²) in [6, 6.07) is 6.01. The molecule has 74 valence electrons. The third-order valence-electron chi connectivity index (χ3n) is 2.11. The normalized spacial score (nSPS) is 10.7. The molecule has 0 saturated heterocycles. The van der Waals surface area contributed by atoms with Crippen LogP contribution in [0.5, 0.6) is 6.08 Å². The van der Waals surface area contributed by atoms with Gasteiger partial charge >= 0.3 is 6.08 Å². The van der Waals surface area contributed by atoms with Crippen molar-refractivity contribution in [2.75, 3.05) is 6.61 Å². The highest BCUT2D eigenvalue weighted by atomic mass is 16.6. The van der Waals surface area contributed by atoms with E-state index in [0.29, 0.717) is 12.7 Å². The van der Waals surface area contributed by atoms with Crippen molar-refractivity contribution in [3.8, 4) is 6.08 Å². The zero-order chi connectivity index (χ0) is 9.97. The van der Waals surface area contributed by atoms with Crippen LogP contribution in [-0.2, 0) is 6.42 Å². The van der Waals surface area contributed by atoms with Gasteiger partial charge in [-0.2, -0.15) is 4.98 Å². The van der Waals surface area contributed by atoms with Crippen LogP contribution in [0.1, 0.15) is 19.4 Å². The molecule has 0 unspecified atom stereocenters. The van der Waals surface area contributed by atoms with E-state index < -0.39 is 0 Å². The van der Waals surface area contributed by atoms with Gasteiger partial charge in [0.05, 0.1) is 6.61 Å². The van der Waals surface area contributed by atoms with E-state index in [9.17, 15) is 0 Å². The molecule has 1 aromatic heterocycles. The van der Waals surface area contributed by atoms with E-state index in [1.165, 1.54) is 5.56 Å². The van der Waals surface area contributed by atoms with E-state index >= 15 is 0 Å². The summed E-state index contributed by atoms with van der Waals surface area (Å²) in [5.41, 5.74) is 2.91. The fourth-order valence-corrected chi connectivity index (χ4v) is 1.36. The minimum Gasteiger partial charge on any atom is -0.450 e. The van der Waals surface area contributed by atoms with Gasteiger partial charge in [0.2, 0.25) is 0 Å². The molecule has 1 aromatic carbocycles. The summed E-state index contributed by atoms with van der Waals surface area (Å²) in [7, 11) is 0. The Morgan fingerprint density at radius 3 is 2.93 bits per heavy atom. The fourth-order valence-electron chi connectivity index (χ4n) is 1.36. The van der Waals surface area contributed by atoms with E-state index in [1.807, 2.05) is 25.1 Å². The Balaban J connectivity index is 2.43. The standard InChI is InChI=1S/C11H13NO2/c1-3-8-5-6-10-9(7-8)12-11(14-10)13-4-2/h5-7H,3-4H2,1-2H3. The quantitative estimate of drug-likeness (QED) is 0.748. The van der Waals surface area contributed by atoms with Crippen LogP contribution in [0.4, 0.5) is 0 Å². The molecule has 0 aliphatic heterocycles. The molecule has 2 aromatic rings. The molecule has 0 spiro atoms. The Bertz CT molecular complexity index is 434. The molecule has 0 aliphatic carbocycles. The van der Waals surface area contributed by atoms with Crippen molar-refractivity contribution in [3.05, 3.63) is 23.8 Å². The molecule has 0 atom stereocenters. The summed E-state index contributed by atoms with van der Waals surface area (Å²) in [6.45, 7) is 4.60. The molecule has 14 heavy (non-hydrogen) atoms. The molecule has 2 rings (SSSR count). The van der Waals surface area contributed by atoms with Gasteiger partial charge in [-0.15, -0.1) is 0 Å². The predicted octanol–water partition coefficient (Wildman–Crippen LogP) is 2.79. The lowest BCUT2D eigenvalue weighted by Gasteiger charge is -1.92. The van der Waals surface area contributed by atoms with Crippen molar-refractivity contribution in [1.29, 1.82) is 0 Å². The molecule has 1 heterocycles. The third-order valence-corrected chi connectivity index (χ3v) is 2.11. The minimum atomic E-state index is 0.357. The van der Waals surface area contributed by atoms with Gasteiger partial charge in [-0.25, -0.2) is 0 Å². The van der Waals surface area contributed by atoms with Crippen LogP contribution in [-0.4, -0.2) is 11.6 Å². The summed E-state index contributed by atoms with van der Waals surface area (Å²) < 4.78 is 10.6. The van der Waals surface area contributed by atoms with Gasteiger partial charge in [-0.05, 0) is 31.0 Å². The van der Waals surface area contributed by atoms with E-state index in [4.69, 9.17) is 9.15 Å². The number of oxazole rings is 1. The van der Waals surface area contributed by atoms with E-state index in [-0.39, 0.29) is 0 Å². The molecule has 0 saturated carbocycles. The van der Waals surface area contributed by atoms with E-state index in [2.05, 4.69) is 11.9 Å². The smallest absolute Gasteiger partial charge is 0.394 e. The summed E-state index contributed by atoms with van der Waals surface area (Å²) in [5, 5.41) is 0. The van der Waals surface area contributed by atoms with Crippen molar-refractivity contribution in [2.45, 2.75) is 20.3 Å². The van der Waals surface area contributed by atoms with Crippen LogP contribution in [0, 0.1) is 0 Å². The first-order chi connectivity index (χ1) is 6.83. The molecule has 0 fully saturated rings. The molecule has 0 amide bonds. The number of fused-ring (bicyclic) bond motifs is 1. The van der Waals surface area contributed by atoms with Gasteiger partial charge < -0.3 is 9.15 Å². The van der Waals surface area contributed by atoms with Crippen LogP contribution in [0.25, 0.3) is 11.1 Å². The second-order valence-corrected chi connectivity index (χ2v) is 3.07. The second-order valence-electron chi connectivity index (χ2n) is 3.07. The SMILES string of the molecule is CCOc1nc2cc(CC)ccc2o1. The molecule has 0 aliphatic rings. The number of benzene rings is 1. The van der Waals surface area contributed by atoms with Crippen molar-refractivity contribution in [1.82, 2.24) is 4.98 Å². The maximum atomic E-state index is 5.37. The fraction of sp³-hybridized carbons (Fsp3) is 0.364. The monoisotopic (exact) mass is 191 g/mol. The number of rotatable bonds is 3. The molecular weight excluding hydrogens is 178 g/mol. The van der Waals surface area contributed by atoms with Crippen molar-refractivity contribution in [3.63, 3.8) is 0 Å². The third kappa shape index (κ3) is 1.58. The number of hydrogen-bond donors (Lipinski definition) is 0. The van der Waals surface area contributed by atoms with Gasteiger partial charge in [0.15, 0.2) is 5.58 Å². The van der Waals surface area contributed by atoms with Crippen LogP contribution >= 0.6 is 0 Å². The molecule has 3 nitrogen and oxygen atoms in total. The number of aryl methyl sites for hydroxylation is 1. The lowest BCUT2D eigenvalue weighted by Crippen LogP contribution is -1.90. The predicted molar refractivity (Wildman–Crippen MR) is 54.6 cm³/mol. The van der Waals surface area contributed by atoms with Gasteiger partial charge in [-0.3, -0.25) is 0 Å². The van der Waals surface area contributed by atoms with Crippen LogP contribution < -0.4 is 4.74 Å². The molecule has 0 radical (unpaired) electrons. The van der Waals surface area contributed by atoms with Gasteiger partial charge in [0.25, 0.3) is 0 Å². The summed E-state index contributed by atoms with van der Waals surface area (Å²) in [6.07, 6.45) is 1.36. The second kappa shape index (κ2) is 3.70. The summed E-state index contributed by atoms with van der Waals surface area (Å²) in [5.74, 6) is 0. The van der Waals surface area contributed by atoms with Crippen LogP contribution in [0.15, 0.2) is 22.6 Å². The first-order valence-corrected chi connectivity index (χ1v) is 4.85. The number of hydrogen-bond acceptors (Lipinski definition) is 3. The van der Waals surface area contributed by atoms with Gasteiger partial charge in [0, 0.05) is 0 Å². The molecule has 3 heteroatoms. The van der Waals surface area contributed by atoms with E-state index in [1.54, 1.807) is 0 Å². The Kier molecular flexibility index (Phi) is 2.39. The van der Waals surface area contributed by atoms with E-state index in [0.717, 1.165) is 17.5 Å². The largest absolute Gasteiger partial charge is 0.450 e. The lowest BCUT2D eigenvalue weighted by molar-refractivity contribution is 0.251. The first-order valence-electron chi connectivity index (χ1n) is 4.85. The van der Waals surface area contributed by atoms with Crippen LogP contribution in [0.3, 0.4) is 0 Å². The lowest BCUT2D eigenvalue weighted by atomic mass is 10.1. The Morgan fingerprint density at radius 2 is 2.21 bits per heavy atom. The highest BCUT2D eigenvalue weighted by Gasteiger charge is 2.05. The Morgan fingerprint density at radius 1 is 1.36 bits per heavy atom. The number of ether oxygens (including phenoxy) is 1. The summed E-state index contributed by atoms with van der Waals surface area (Å²) >= 11 is 0. The van der Waals surface area contributed by atoms with Gasteiger partial charge in [-0.1, -0.05) is 13.0 Å². The van der Waals surface area contributed by atoms with Crippen molar-refractivity contribution in [2.24, 2.45) is 0 Å². The molecule has 0 N–H and O–H groups in total. The first kappa shape index (κ1) is 9.06. The molecule has 0 bridgehead atoms. The average Bonchev–Trinajstić information content (AvgIpc) is 2.59. The summed E-state index contributed by atoms with van der Waals surface area (Å²) in [4.78, 5) is 4.22. The van der Waals surface area contributed by atoms with Crippen molar-refractivity contribution < 1.29 is 9.15 Å². The topological polar surface area (TPSA) is 35.3 Å². The zero-order valence-electron chi connectivity index (χ0n) is 8.41. The number of nitrogens with zero attached hydrogens (tertiary/aromatic N) is 1. The van der Waals surface area contributed by atoms with Crippen molar-refractivity contribution >= 4 is 11.1 Å². The zero-order valence-corrected chi connectivity index (χ0v) is 8.41. The number of aromatic nitrogens is 1. The maximum Gasteiger partial charge on any atom is 0.394 e. The average molecular weight is 191 g/mol. The Labute approximate surface area is 82.7 Å².